The topological polar surface area (TPSA) is 29.1 Å². The minimum absolute atomic E-state index is 0.0684. The van der Waals surface area contributed by atoms with Crippen LogP contribution in [0.5, 0.6) is 0 Å². The summed E-state index contributed by atoms with van der Waals surface area (Å²) in [6, 6.07) is 10.0. The summed E-state index contributed by atoms with van der Waals surface area (Å²) in [4.78, 5) is 11.8. The smallest absolute Gasteiger partial charge is 0.220 e. The normalized spacial score (nSPS) is 14.1. The van der Waals surface area contributed by atoms with Crippen LogP contribution in [0.3, 0.4) is 0 Å². The van der Waals surface area contributed by atoms with E-state index in [0.29, 0.717) is 12.3 Å². The van der Waals surface area contributed by atoms with Crippen LogP contribution in [0.25, 0.3) is 0 Å². The lowest BCUT2D eigenvalue weighted by atomic mass is 10.0. The standard InChI is InChI=1S/C14H20ClNO/c1-3-14(2,11-15)16-13(17)10-9-12-7-5-4-6-8-12/h4-8H,3,9-11H2,1-2H3,(H,16,17). The Labute approximate surface area is 108 Å². The molecule has 2 nitrogen and oxygen atoms in total. The van der Waals surface area contributed by atoms with Crippen LogP contribution in [0.1, 0.15) is 32.3 Å². The summed E-state index contributed by atoms with van der Waals surface area (Å²) >= 11 is 5.86. The zero-order valence-corrected chi connectivity index (χ0v) is 11.3. The molecule has 1 atom stereocenters. The van der Waals surface area contributed by atoms with Gasteiger partial charge in [-0.3, -0.25) is 4.79 Å². The summed E-state index contributed by atoms with van der Waals surface area (Å²) < 4.78 is 0. The van der Waals surface area contributed by atoms with Crippen LogP contribution in [0, 0.1) is 0 Å². The van der Waals surface area contributed by atoms with Gasteiger partial charge < -0.3 is 5.32 Å². The van der Waals surface area contributed by atoms with Gasteiger partial charge in [-0.15, -0.1) is 11.6 Å². The van der Waals surface area contributed by atoms with E-state index in [4.69, 9.17) is 11.6 Å². The van der Waals surface area contributed by atoms with Crippen molar-refractivity contribution in [2.75, 3.05) is 5.88 Å². The van der Waals surface area contributed by atoms with Crippen molar-refractivity contribution in [3.05, 3.63) is 35.9 Å². The summed E-state index contributed by atoms with van der Waals surface area (Å²) in [5, 5.41) is 2.99. The average Bonchev–Trinajstić information content (AvgIpc) is 2.37. The highest BCUT2D eigenvalue weighted by atomic mass is 35.5. The van der Waals surface area contributed by atoms with Crippen molar-refractivity contribution in [3.63, 3.8) is 0 Å². The van der Waals surface area contributed by atoms with Gasteiger partial charge >= 0.3 is 0 Å². The molecule has 0 saturated heterocycles. The second-order valence-corrected chi connectivity index (χ2v) is 4.85. The molecule has 3 heteroatoms. The molecule has 0 saturated carbocycles. The van der Waals surface area contributed by atoms with Crippen molar-refractivity contribution in [3.8, 4) is 0 Å². The Morgan fingerprint density at radius 2 is 2.00 bits per heavy atom. The van der Waals surface area contributed by atoms with Gasteiger partial charge in [0.1, 0.15) is 0 Å². The highest BCUT2D eigenvalue weighted by Crippen LogP contribution is 2.12. The molecule has 0 aliphatic carbocycles. The molecule has 0 aliphatic heterocycles. The number of hydrogen-bond acceptors (Lipinski definition) is 1. The average molecular weight is 254 g/mol. The molecule has 1 aromatic rings. The van der Waals surface area contributed by atoms with E-state index in [0.717, 1.165) is 12.8 Å². The van der Waals surface area contributed by atoms with Crippen molar-refractivity contribution in [1.29, 1.82) is 0 Å². The van der Waals surface area contributed by atoms with Crippen LogP contribution in [0.4, 0.5) is 0 Å². The third kappa shape index (κ3) is 4.78. The van der Waals surface area contributed by atoms with Crippen molar-refractivity contribution in [1.82, 2.24) is 5.32 Å². The first-order valence-corrected chi connectivity index (χ1v) is 6.54. The lowest BCUT2D eigenvalue weighted by molar-refractivity contribution is -0.122. The van der Waals surface area contributed by atoms with Crippen molar-refractivity contribution in [2.24, 2.45) is 0 Å². The van der Waals surface area contributed by atoms with E-state index < -0.39 is 0 Å². The van der Waals surface area contributed by atoms with Gasteiger partial charge in [0.25, 0.3) is 0 Å². The second-order valence-electron chi connectivity index (χ2n) is 4.58. The van der Waals surface area contributed by atoms with E-state index in [1.807, 2.05) is 44.2 Å². The zero-order chi connectivity index (χ0) is 12.7. The van der Waals surface area contributed by atoms with Gasteiger partial charge in [0, 0.05) is 12.3 Å². The molecule has 1 amide bonds. The molecule has 0 aliphatic rings. The van der Waals surface area contributed by atoms with Crippen LogP contribution in [-0.2, 0) is 11.2 Å². The number of benzene rings is 1. The molecule has 0 aromatic heterocycles. The largest absolute Gasteiger partial charge is 0.350 e. The van der Waals surface area contributed by atoms with Crippen LogP contribution in [0.2, 0.25) is 0 Å². The molecule has 0 spiro atoms. The predicted octanol–water partition coefficient (Wildman–Crippen LogP) is 3.14. The summed E-state index contributed by atoms with van der Waals surface area (Å²) in [5.74, 6) is 0.513. The van der Waals surface area contributed by atoms with E-state index in [1.54, 1.807) is 0 Å². The highest BCUT2D eigenvalue weighted by Gasteiger charge is 2.22. The number of nitrogens with one attached hydrogen (secondary N) is 1. The molecule has 0 fully saturated rings. The van der Waals surface area contributed by atoms with Crippen LogP contribution in [-0.4, -0.2) is 17.3 Å². The molecule has 0 heterocycles. The number of alkyl halides is 1. The van der Waals surface area contributed by atoms with Gasteiger partial charge in [0.2, 0.25) is 5.91 Å². The van der Waals surface area contributed by atoms with Gasteiger partial charge in [0.05, 0.1) is 5.54 Å². The summed E-state index contributed by atoms with van der Waals surface area (Å²) in [6.07, 6.45) is 2.12. The molecule has 1 N–H and O–H groups in total. The number of carbonyl (C=O) groups excluding carboxylic acids is 1. The number of amides is 1. The third-order valence-corrected chi connectivity index (χ3v) is 3.59. The van der Waals surface area contributed by atoms with Crippen LogP contribution >= 0.6 is 11.6 Å². The Kier molecular flexibility index (Phi) is 5.49. The minimum Gasteiger partial charge on any atom is -0.350 e. The number of aryl methyl sites for hydroxylation is 1. The first kappa shape index (κ1) is 14.0. The van der Waals surface area contributed by atoms with E-state index in [9.17, 15) is 4.79 Å². The summed E-state index contributed by atoms with van der Waals surface area (Å²) in [5.41, 5.74) is 0.904. The van der Waals surface area contributed by atoms with Gasteiger partial charge in [-0.05, 0) is 25.3 Å². The quantitative estimate of drug-likeness (QED) is 0.776. The van der Waals surface area contributed by atoms with Gasteiger partial charge in [-0.1, -0.05) is 37.3 Å². The first-order valence-electron chi connectivity index (χ1n) is 6.00. The van der Waals surface area contributed by atoms with E-state index in [1.165, 1.54) is 5.56 Å². The van der Waals surface area contributed by atoms with Gasteiger partial charge in [0.15, 0.2) is 0 Å². The monoisotopic (exact) mass is 253 g/mol. The second kappa shape index (κ2) is 6.65. The van der Waals surface area contributed by atoms with E-state index in [2.05, 4.69) is 5.32 Å². The van der Waals surface area contributed by atoms with E-state index in [-0.39, 0.29) is 11.4 Å². The Morgan fingerprint density at radius 3 is 2.53 bits per heavy atom. The molecular formula is C14H20ClNO. The predicted molar refractivity (Wildman–Crippen MR) is 72.3 cm³/mol. The molecule has 0 bridgehead atoms. The van der Waals surface area contributed by atoms with Crippen molar-refractivity contribution < 1.29 is 4.79 Å². The van der Waals surface area contributed by atoms with E-state index >= 15 is 0 Å². The Bertz CT molecular complexity index is 346. The molecule has 1 unspecified atom stereocenters. The highest BCUT2D eigenvalue weighted by molar-refractivity contribution is 6.18. The number of rotatable bonds is 6. The van der Waals surface area contributed by atoms with Crippen LogP contribution < -0.4 is 5.32 Å². The lowest BCUT2D eigenvalue weighted by Gasteiger charge is -2.27. The SMILES string of the molecule is CCC(C)(CCl)NC(=O)CCc1ccccc1. The summed E-state index contributed by atoms with van der Waals surface area (Å²) in [7, 11) is 0. The molecule has 0 radical (unpaired) electrons. The fourth-order valence-electron chi connectivity index (χ4n) is 1.52. The maximum absolute atomic E-state index is 11.8. The third-order valence-electron chi connectivity index (χ3n) is 3.00. The fourth-order valence-corrected chi connectivity index (χ4v) is 1.77. The number of hydrogen-bond donors (Lipinski definition) is 1. The number of carbonyl (C=O) groups is 1. The Morgan fingerprint density at radius 1 is 1.35 bits per heavy atom. The van der Waals surface area contributed by atoms with Crippen molar-refractivity contribution >= 4 is 17.5 Å². The number of halogens is 1. The maximum Gasteiger partial charge on any atom is 0.220 e. The molecule has 94 valence electrons. The Hall–Kier alpha value is -1.02. The first-order chi connectivity index (χ1) is 8.09. The molecule has 17 heavy (non-hydrogen) atoms. The maximum atomic E-state index is 11.8. The lowest BCUT2D eigenvalue weighted by Crippen LogP contribution is -2.47. The summed E-state index contributed by atoms with van der Waals surface area (Å²) in [6.45, 7) is 4.00. The minimum atomic E-state index is -0.282. The molecule has 1 rings (SSSR count). The van der Waals surface area contributed by atoms with Crippen molar-refractivity contribution in [2.45, 2.75) is 38.6 Å². The van der Waals surface area contributed by atoms with Gasteiger partial charge in [-0.2, -0.15) is 0 Å². The zero-order valence-electron chi connectivity index (χ0n) is 10.5. The molecule has 1 aromatic carbocycles. The molecular weight excluding hydrogens is 234 g/mol. The van der Waals surface area contributed by atoms with Gasteiger partial charge in [-0.25, -0.2) is 0 Å². The fraction of sp³-hybridized carbons (Fsp3) is 0.500. The Balaban J connectivity index is 2.40. The van der Waals surface area contributed by atoms with Crippen LogP contribution in [0.15, 0.2) is 30.3 Å².